The summed E-state index contributed by atoms with van der Waals surface area (Å²) in [6.45, 7) is 0.430. The highest BCUT2D eigenvalue weighted by atomic mass is 32.1. The lowest BCUT2D eigenvalue weighted by Gasteiger charge is -2.44. The van der Waals surface area contributed by atoms with Gasteiger partial charge < -0.3 is 15.3 Å². The molecule has 2 rings (SSSR count). The Morgan fingerprint density at radius 2 is 2.20 bits per heavy atom. The highest BCUT2D eigenvalue weighted by molar-refractivity contribution is 7.80. The molecule has 1 saturated heterocycles. The Labute approximate surface area is 94.6 Å². The largest absolute Gasteiger partial charge is 0.395 e. The Bertz CT molecular complexity index is 283. The SMILES string of the molecule is O=C1NC(=S)C2CCCCC2N1CCO. The second kappa shape index (κ2) is 4.45. The van der Waals surface area contributed by atoms with Crippen molar-refractivity contribution < 1.29 is 9.90 Å². The minimum atomic E-state index is -0.141. The number of hydrogen-bond acceptors (Lipinski definition) is 3. The summed E-state index contributed by atoms with van der Waals surface area (Å²) in [6, 6.07) is 0.0735. The predicted octanol–water partition coefficient (Wildman–Crippen LogP) is 0.890. The van der Waals surface area contributed by atoms with Crippen LogP contribution < -0.4 is 5.32 Å². The molecule has 2 unspecified atom stereocenters. The molecule has 2 atom stereocenters. The summed E-state index contributed by atoms with van der Waals surface area (Å²) in [5.74, 6) is 0.304. The number of nitrogens with one attached hydrogen (secondary N) is 1. The molecule has 0 radical (unpaired) electrons. The van der Waals surface area contributed by atoms with Gasteiger partial charge in [-0.2, -0.15) is 0 Å². The Kier molecular flexibility index (Phi) is 3.21. The Balaban J connectivity index is 2.15. The molecule has 1 saturated carbocycles. The fourth-order valence-corrected chi connectivity index (χ4v) is 2.95. The van der Waals surface area contributed by atoms with E-state index in [4.69, 9.17) is 17.3 Å². The van der Waals surface area contributed by atoms with E-state index in [1.54, 1.807) is 4.90 Å². The predicted molar refractivity (Wildman–Crippen MR) is 60.7 cm³/mol. The number of hydrogen-bond donors (Lipinski definition) is 2. The second-order valence-electron chi connectivity index (χ2n) is 4.17. The van der Waals surface area contributed by atoms with Crippen molar-refractivity contribution in [3.05, 3.63) is 0 Å². The monoisotopic (exact) mass is 228 g/mol. The van der Waals surface area contributed by atoms with Gasteiger partial charge in [-0.05, 0) is 12.8 Å². The van der Waals surface area contributed by atoms with Crippen molar-refractivity contribution in [1.82, 2.24) is 10.2 Å². The summed E-state index contributed by atoms with van der Waals surface area (Å²) >= 11 is 5.20. The van der Waals surface area contributed by atoms with Gasteiger partial charge in [-0.3, -0.25) is 0 Å². The zero-order valence-electron chi connectivity index (χ0n) is 8.61. The van der Waals surface area contributed by atoms with Gasteiger partial charge in [0.05, 0.1) is 11.6 Å². The number of nitrogens with zero attached hydrogens (tertiary/aromatic N) is 1. The fraction of sp³-hybridized carbons (Fsp3) is 0.800. The van der Waals surface area contributed by atoms with E-state index in [9.17, 15) is 4.79 Å². The van der Waals surface area contributed by atoms with Crippen LogP contribution in [-0.2, 0) is 0 Å². The molecule has 0 spiro atoms. The number of carbonyl (C=O) groups is 1. The first-order valence-corrected chi connectivity index (χ1v) is 5.87. The Hall–Kier alpha value is -0.680. The third-order valence-electron chi connectivity index (χ3n) is 3.30. The Morgan fingerprint density at radius 3 is 2.93 bits per heavy atom. The summed E-state index contributed by atoms with van der Waals surface area (Å²) in [5, 5.41) is 11.7. The van der Waals surface area contributed by atoms with Gasteiger partial charge in [-0.1, -0.05) is 25.1 Å². The van der Waals surface area contributed by atoms with Crippen molar-refractivity contribution in [3.8, 4) is 0 Å². The van der Waals surface area contributed by atoms with Gasteiger partial charge in [0.2, 0.25) is 0 Å². The maximum Gasteiger partial charge on any atom is 0.322 e. The van der Waals surface area contributed by atoms with Gasteiger partial charge in [0.1, 0.15) is 0 Å². The maximum atomic E-state index is 11.7. The molecular weight excluding hydrogens is 212 g/mol. The molecule has 84 valence electrons. The van der Waals surface area contributed by atoms with Gasteiger partial charge >= 0.3 is 6.03 Å². The first-order valence-electron chi connectivity index (χ1n) is 5.46. The first kappa shape index (κ1) is 10.8. The minimum Gasteiger partial charge on any atom is -0.395 e. The molecule has 2 aliphatic rings. The van der Waals surface area contributed by atoms with E-state index in [1.165, 1.54) is 6.42 Å². The summed E-state index contributed by atoms with van der Waals surface area (Å²) in [6.07, 6.45) is 4.41. The molecule has 1 heterocycles. The summed E-state index contributed by atoms with van der Waals surface area (Å²) < 4.78 is 0. The number of thiocarbonyl (C=S) groups is 1. The van der Waals surface area contributed by atoms with E-state index in [1.807, 2.05) is 0 Å². The molecule has 5 heteroatoms. The second-order valence-corrected chi connectivity index (χ2v) is 4.61. The summed E-state index contributed by atoms with van der Waals surface area (Å²) in [4.78, 5) is 14.1. The molecule has 4 nitrogen and oxygen atoms in total. The van der Waals surface area contributed by atoms with Crippen LogP contribution in [0.1, 0.15) is 25.7 Å². The van der Waals surface area contributed by atoms with E-state index in [-0.39, 0.29) is 18.7 Å². The van der Waals surface area contributed by atoms with Crippen molar-refractivity contribution in [1.29, 1.82) is 0 Å². The van der Waals surface area contributed by atoms with Crippen molar-refractivity contribution in [3.63, 3.8) is 0 Å². The molecule has 0 aromatic carbocycles. The molecule has 2 fully saturated rings. The number of carbonyl (C=O) groups excluding carboxylic acids is 1. The van der Waals surface area contributed by atoms with E-state index in [0.29, 0.717) is 17.5 Å². The maximum absolute atomic E-state index is 11.7. The number of rotatable bonds is 2. The molecule has 0 bridgehead atoms. The highest BCUT2D eigenvalue weighted by Gasteiger charge is 2.39. The number of aliphatic hydroxyl groups is 1. The van der Waals surface area contributed by atoms with Crippen LogP contribution in [0.2, 0.25) is 0 Å². The lowest BCUT2D eigenvalue weighted by molar-refractivity contribution is 0.114. The minimum absolute atomic E-state index is 0.0173. The van der Waals surface area contributed by atoms with Crippen molar-refractivity contribution in [2.45, 2.75) is 31.7 Å². The summed E-state index contributed by atoms with van der Waals surface area (Å²) in [7, 11) is 0. The lowest BCUT2D eigenvalue weighted by atomic mass is 9.82. The van der Waals surface area contributed by atoms with Crippen molar-refractivity contribution >= 4 is 23.2 Å². The van der Waals surface area contributed by atoms with Gasteiger partial charge in [-0.15, -0.1) is 0 Å². The third kappa shape index (κ3) is 1.99. The molecular formula is C10H16N2O2S. The highest BCUT2D eigenvalue weighted by Crippen LogP contribution is 2.31. The average molecular weight is 228 g/mol. The quantitative estimate of drug-likeness (QED) is 0.690. The van der Waals surface area contributed by atoms with Crippen LogP contribution in [0, 0.1) is 5.92 Å². The van der Waals surface area contributed by atoms with Crippen LogP contribution in [0.3, 0.4) is 0 Å². The smallest absolute Gasteiger partial charge is 0.322 e. The van der Waals surface area contributed by atoms with Gasteiger partial charge in [0.15, 0.2) is 0 Å². The van der Waals surface area contributed by atoms with Crippen LogP contribution >= 0.6 is 12.2 Å². The molecule has 15 heavy (non-hydrogen) atoms. The van der Waals surface area contributed by atoms with Gasteiger partial charge in [0.25, 0.3) is 0 Å². The lowest BCUT2D eigenvalue weighted by Crippen LogP contribution is -2.60. The molecule has 0 aromatic heterocycles. The first-order chi connectivity index (χ1) is 7.24. The normalized spacial score (nSPS) is 31.1. The standard InChI is InChI=1S/C10H16N2O2S/c13-6-5-12-8-4-2-1-3-7(8)9(15)11-10(12)14/h7-8,13H,1-6H2,(H,11,14,15). The zero-order valence-corrected chi connectivity index (χ0v) is 9.42. The van der Waals surface area contributed by atoms with Crippen molar-refractivity contribution in [2.24, 2.45) is 5.92 Å². The third-order valence-corrected chi connectivity index (χ3v) is 3.70. The topological polar surface area (TPSA) is 52.6 Å². The van der Waals surface area contributed by atoms with Crippen LogP contribution in [-0.4, -0.2) is 40.2 Å². The number of amides is 2. The van der Waals surface area contributed by atoms with Crippen LogP contribution in [0.5, 0.6) is 0 Å². The number of β-amino-alcohol motifs (C(OH)–C–C–N with tert-alkyl or cyclic N) is 1. The van der Waals surface area contributed by atoms with E-state index in [0.717, 1.165) is 19.3 Å². The fourth-order valence-electron chi connectivity index (χ4n) is 2.59. The molecule has 1 aliphatic heterocycles. The van der Waals surface area contributed by atoms with Gasteiger partial charge in [0, 0.05) is 18.5 Å². The van der Waals surface area contributed by atoms with Crippen LogP contribution in [0.25, 0.3) is 0 Å². The van der Waals surface area contributed by atoms with E-state index >= 15 is 0 Å². The number of aliphatic hydroxyl groups excluding tert-OH is 1. The summed E-state index contributed by atoms with van der Waals surface area (Å²) in [5.41, 5.74) is 0. The number of urea groups is 1. The zero-order chi connectivity index (χ0) is 10.8. The average Bonchev–Trinajstić information content (AvgIpc) is 2.24. The molecule has 1 aliphatic carbocycles. The van der Waals surface area contributed by atoms with Crippen LogP contribution in [0.15, 0.2) is 0 Å². The molecule has 0 aromatic rings. The molecule has 2 amide bonds. The van der Waals surface area contributed by atoms with E-state index < -0.39 is 0 Å². The molecule has 2 N–H and O–H groups in total. The Morgan fingerprint density at radius 1 is 1.47 bits per heavy atom. The van der Waals surface area contributed by atoms with E-state index in [2.05, 4.69) is 5.32 Å². The van der Waals surface area contributed by atoms with Crippen molar-refractivity contribution in [2.75, 3.05) is 13.2 Å². The van der Waals surface area contributed by atoms with Crippen LogP contribution in [0.4, 0.5) is 4.79 Å². The van der Waals surface area contributed by atoms with Gasteiger partial charge in [-0.25, -0.2) is 4.79 Å². The number of fused-ring (bicyclic) bond motifs is 1.